The summed E-state index contributed by atoms with van der Waals surface area (Å²) in [5.74, 6) is -0.138. The van der Waals surface area contributed by atoms with Crippen molar-refractivity contribution in [1.29, 1.82) is 0 Å². The molecule has 22 heavy (non-hydrogen) atoms. The highest BCUT2D eigenvalue weighted by Crippen LogP contribution is 2.25. The number of furan rings is 1. The molecule has 1 N–H and O–H groups in total. The second-order valence-corrected chi connectivity index (χ2v) is 6.22. The molecule has 0 aliphatic carbocycles. The average molecular weight is 319 g/mol. The predicted octanol–water partition coefficient (Wildman–Crippen LogP) is 2.92. The average Bonchev–Trinajstić information content (AvgIpc) is 3.17. The van der Waals surface area contributed by atoms with E-state index in [4.69, 9.17) is 4.42 Å². The number of nitrogens with one attached hydrogen (secondary N) is 1. The summed E-state index contributed by atoms with van der Waals surface area (Å²) in [5.41, 5.74) is 0.648. The maximum atomic E-state index is 12.5. The van der Waals surface area contributed by atoms with E-state index >= 15 is 0 Å². The van der Waals surface area contributed by atoms with E-state index in [1.54, 1.807) is 19.1 Å². The van der Waals surface area contributed by atoms with Crippen molar-refractivity contribution in [1.82, 2.24) is 9.88 Å². The van der Waals surface area contributed by atoms with E-state index in [1.165, 1.54) is 24.0 Å². The van der Waals surface area contributed by atoms with E-state index in [0.29, 0.717) is 15.7 Å². The van der Waals surface area contributed by atoms with Crippen molar-refractivity contribution < 1.29 is 14.0 Å². The Bertz CT molecular complexity index is 672. The van der Waals surface area contributed by atoms with Gasteiger partial charge >= 0.3 is 0 Å². The number of anilines is 1. The predicted molar refractivity (Wildman–Crippen MR) is 83.3 cm³/mol. The van der Waals surface area contributed by atoms with E-state index < -0.39 is 0 Å². The smallest absolute Gasteiger partial charge is 0.293 e. The van der Waals surface area contributed by atoms with Crippen LogP contribution in [0.3, 0.4) is 0 Å². The van der Waals surface area contributed by atoms with Crippen molar-refractivity contribution in [2.24, 2.45) is 0 Å². The Morgan fingerprint density at radius 2 is 2.09 bits per heavy atom. The minimum absolute atomic E-state index is 0.00759. The number of aromatic nitrogens is 1. The minimum atomic E-state index is -0.365. The molecule has 1 saturated heterocycles. The third-order valence-electron chi connectivity index (χ3n) is 3.60. The van der Waals surface area contributed by atoms with Crippen LogP contribution in [0.25, 0.3) is 0 Å². The van der Waals surface area contributed by atoms with Gasteiger partial charge in [0.15, 0.2) is 10.9 Å². The minimum Gasteiger partial charge on any atom is -0.459 e. The van der Waals surface area contributed by atoms with Crippen molar-refractivity contribution in [2.75, 3.05) is 18.4 Å². The van der Waals surface area contributed by atoms with Crippen LogP contribution >= 0.6 is 11.3 Å². The largest absolute Gasteiger partial charge is 0.459 e. The van der Waals surface area contributed by atoms with Crippen LogP contribution in [0.4, 0.5) is 5.13 Å². The molecule has 0 spiro atoms. The summed E-state index contributed by atoms with van der Waals surface area (Å²) in [5, 5.41) is 3.08. The van der Waals surface area contributed by atoms with E-state index in [1.807, 2.05) is 4.90 Å². The van der Waals surface area contributed by atoms with Gasteiger partial charge in [-0.15, -0.1) is 0 Å². The normalized spacial score (nSPS) is 14.9. The highest BCUT2D eigenvalue weighted by molar-refractivity contribution is 7.17. The van der Waals surface area contributed by atoms with Crippen molar-refractivity contribution in [3.05, 3.63) is 34.7 Å². The molecule has 3 heterocycles. The van der Waals surface area contributed by atoms with Gasteiger partial charge in [-0.05, 0) is 38.3 Å². The van der Waals surface area contributed by atoms with E-state index in [2.05, 4.69) is 10.3 Å². The molecule has 0 atom stereocenters. The molecule has 2 aromatic heterocycles. The fourth-order valence-corrected chi connectivity index (χ4v) is 3.38. The molecule has 7 heteroatoms. The summed E-state index contributed by atoms with van der Waals surface area (Å²) in [6.07, 6.45) is 4.71. The van der Waals surface area contributed by atoms with E-state index in [9.17, 15) is 9.59 Å². The molecular formula is C15H17N3O3S. The van der Waals surface area contributed by atoms with Gasteiger partial charge in [0.2, 0.25) is 0 Å². The van der Waals surface area contributed by atoms with Crippen LogP contribution in [-0.4, -0.2) is 34.8 Å². The van der Waals surface area contributed by atoms with Crippen LogP contribution in [0.2, 0.25) is 0 Å². The number of amides is 2. The van der Waals surface area contributed by atoms with Gasteiger partial charge in [-0.3, -0.25) is 14.9 Å². The highest BCUT2D eigenvalue weighted by Gasteiger charge is 2.23. The van der Waals surface area contributed by atoms with Crippen LogP contribution in [0.15, 0.2) is 22.8 Å². The second-order valence-electron chi connectivity index (χ2n) is 5.22. The van der Waals surface area contributed by atoms with Gasteiger partial charge in [-0.2, -0.15) is 0 Å². The molecule has 1 aliphatic heterocycles. The molecule has 2 aromatic rings. The van der Waals surface area contributed by atoms with Crippen LogP contribution in [0.1, 0.15) is 45.2 Å². The van der Waals surface area contributed by atoms with Gasteiger partial charge in [0, 0.05) is 13.1 Å². The highest BCUT2D eigenvalue weighted by atomic mass is 32.1. The quantitative estimate of drug-likeness (QED) is 0.944. The lowest BCUT2D eigenvalue weighted by atomic mass is 10.1. The fourth-order valence-electron chi connectivity index (χ4n) is 2.46. The first-order valence-corrected chi connectivity index (χ1v) is 8.08. The monoisotopic (exact) mass is 319 g/mol. The number of carbonyl (C=O) groups excluding carboxylic acids is 2. The molecule has 0 saturated carbocycles. The number of hydrogen-bond acceptors (Lipinski definition) is 5. The van der Waals surface area contributed by atoms with E-state index in [0.717, 1.165) is 25.9 Å². The number of likely N-dealkylation sites (tertiary alicyclic amines) is 1. The summed E-state index contributed by atoms with van der Waals surface area (Å²) in [4.78, 5) is 31.2. The van der Waals surface area contributed by atoms with Gasteiger partial charge in [0.1, 0.15) is 4.88 Å². The molecule has 2 amide bonds. The first-order chi connectivity index (χ1) is 10.6. The van der Waals surface area contributed by atoms with Crippen molar-refractivity contribution >= 4 is 28.3 Å². The molecule has 0 radical (unpaired) electrons. The third kappa shape index (κ3) is 3.04. The van der Waals surface area contributed by atoms with Gasteiger partial charge in [0.05, 0.1) is 12.0 Å². The van der Waals surface area contributed by atoms with Crippen molar-refractivity contribution in [3.8, 4) is 0 Å². The maximum Gasteiger partial charge on any atom is 0.293 e. The number of rotatable bonds is 3. The van der Waals surface area contributed by atoms with E-state index in [-0.39, 0.29) is 17.6 Å². The summed E-state index contributed by atoms with van der Waals surface area (Å²) in [6, 6.07) is 3.23. The zero-order chi connectivity index (χ0) is 15.5. The molecular weight excluding hydrogens is 302 g/mol. The molecule has 6 nitrogen and oxygen atoms in total. The van der Waals surface area contributed by atoms with Crippen LogP contribution in [0.5, 0.6) is 0 Å². The van der Waals surface area contributed by atoms with Gasteiger partial charge in [-0.25, -0.2) is 4.98 Å². The maximum absolute atomic E-state index is 12.5. The molecule has 1 fully saturated rings. The fraction of sp³-hybridized carbons (Fsp3) is 0.400. The first kappa shape index (κ1) is 14.8. The number of nitrogens with zero attached hydrogens (tertiary/aromatic N) is 2. The topological polar surface area (TPSA) is 75.4 Å². The standard InChI is InChI=1S/C15H17N3O3S/c1-10-12(14(20)18-7-3-2-4-8-18)22-15(16-10)17-13(19)11-6-5-9-21-11/h5-6,9H,2-4,7-8H2,1H3,(H,16,17,19). The van der Waals surface area contributed by atoms with Gasteiger partial charge in [0.25, 0.3) is 11.8 Å². The Morgan fingerprint density at radius 1 is 1.32 bits per heavy atom. The first-order valence-electron chi connectivity index (χ1n) is 7.26. The Hall–Kier alpha value is -2.15. The molecule has 0 aromatic carbocycles. The summed E-state index contributed by atoms with van der Waals surface area (Å²) >= 11 is 1.21. The number of aryl methyl sites for hydroxylation is 1. The molecule has 0 unspecified atom stereocenters. The lowest BCUT2D eigenvalue weighted by Crippen LogP contribution is -2.35. The number of carbonyl (C=O) groups is 2. The Kier molecular flexibility index (Phi) is 4.24. The third-order valence-corrected chi connectivity index (χ3v) is 4.66. The number of thiazole rings is 1. The summed E-state index contributed by atoms with van der Waals surface area (Å²) in [6.45, 7) is 3.38. The SMILES string of the molecule is Cc1nc(NC(=O)c2ccco2)sc1C(=O)N1CCCCC1. The van der Waals surface area contributed by atoms with Gasteiger partial charge in [-0.1, -0.05) is 11.3 Å². The molecule has 116 valence electrons. The Morgan fingerprint density at radius 3 is 2.77 bits per heavy atom. The molecule has 1 aliphatic rings. The molecule has 0 bridgehead atoms. The Labute approximate surface area is 132 Å². The summed E-state index contributed by atoms with van der Waals surface area (Å²) < 4.78 is 5.04. The van der Waals surface area contributed by atoms with Crippen molar-refractivity contribution in [2.45, 2.75) is 26.2 Å². The number of piperidine rings is 1. The Balaban J connectivity index is 1.73. The number of hydrogen-bond donors (Lipinski definition) is 1. The zero-order valence-electron chi connectivity index (χ0n) is 12.3. The van der Waals surface area contributed by atoms with Crippen LogP contribution in [-0.2, 0) is 0 Å². The van der Waals surface area contributed by atoms with Crippen LogP contribution in [0, 0.1) is 6.92 Å². The van der Waals surface area contributed by atoms with Crippen LogP contribution < -0.4 is 5.32 Å². The lowest BCUT2D eigenvalue weighted by Gasteiger charge is -2.26. The lowest BCUT2D eigenvalue weighted by molar-refractivity contribution is 0.0728. The summed E-state index contributed by atoms with van der Waals surface area (Å²) in [7, 11) is 0. The second kappa shape index (κ2) is 6.31. The van der Waals surface area contributed by atoms with Gasteiger partial charge < -0.3 is 9.32 Å². The zero-order valence-corrected chi connectivity index (χ0v) is 13.1. The molecule has 3 rings (SSSR count). The van der Waals surface area contributed by atoms with Crippen molar-refractivity contribution in [3.63, 3.8) is 0 Å².